The van der Waals surface area contributed by atoms with Crippen molar-refractivity contribution >= 4 is 51.6 Å². The van der Waals surface area contributed by atoms with E-state index >= 15 is 0 Å². The lowest BCUT2D eigenvalue weighted by Crippen LogP contribution is -2.23. The molecule has 0 saturated carbocycles. The van der Waals surface area contributed by atoms with Gasteiger partial charge < -0.3 is 4.57 Å². The maximum Gasteiger partial charge on any atom is 0.212 e. The summed E-state index contributed by atoms with van der Waals surface area (Å²) < 4.78 is 2.70. The van der Waals surface area contributed by atoms with Crippen LogP contribution >= 0.6 is 45.8 Å². The summed E-state index contributed by atoms with van der Waals surface area (Å²) in [6.45, 7) is 4.27. The van der Waals surface area contributed by atoms with Gasteiger partial charge in [0.2, 0.25) is 5.78 Å². The van der Waals surface area contributed by atoms with Gasteiger partial charge in [-0.1, -0.05) is 42.2 Å². The van der Waals surface area contributed by atoms with Crippen molar-refractivity contribution in [2.75, 3.05) is 6.54 Å². The van der Waals surface area contributed by atoms with Crippen LogP contribution in [-0.2, 0) is 0 Å². The average Bonchev–Trinajstić information content (AvgIpc) is 2.70. The van der Waals surface area contributed by atoms with Crippen LogP contribution in [0, 0.1) is 9.49 Å². The molecule has 0 saturated heterocycles. The SMILES string of the molecule is CC(C)[C@@H](CN=[N+]=[N-])n1cc(I)cc1C(=O)C(Cl)Cl. The number of azide groups is 1. The van der Waals surface area contributed by atoms with E-state index in [1.807, 2.05) is 20.0 Å². The number of halogens is 3. The van der Waals surface area contributed by atoms with Gasteiger partial charge in [0.25, 0.3) is 0 Å². The van der Waals surface area contributed by atoms with Crippen LogP contribution in [0.4, 0.5) is 0 Å². The zero-order valence-corrected chi connectivity index (χ0v) is 14.1. The van der Waals surface area contributed by atoms with Crippen LogP contribution in [0.5, 0.6) is 0 Å². The lowest BCUT2D eigenvalue weighted by Gasteiger charge is -2.23. The molecular formula is C11H13Cl2IN4O. The van der Waals surface area contributed by atoms with E-state index in [0.717, 1.165) is 3.57 Å². The largest absolute Gasteiger partial charge is 0.340 e. The number of carbonyl (C=O) groups excluding carboxylic acids is 1. The molecule has 0 bridgehead atoms. The van der Waals surface area contributed by atoms with E-state index in [4.69, 9.17) is 28.7 Å². The smallest absolute Gasteiger partial charge is 0.212 e. The molecule has 1 heterocycles. The Morgan fingerprint density at radius 2 is 2.21 bits per heavy atom. The van der Waals surface area contributed by atoms with Gasteiger partial charge in [-0.2, -0.15) is 0 Å². The second-order valence-corrected chi connectivity index (χ2v) is 6.68. The van der Waals surface area contributed by atoms with Crippen molar-refractivity contribution in [1.29, 1.82) is 0 Å². The van der Waals surface area contributed by atoms with Crippen molar-refractivity contribution in [1.82, 2.24) is 4.57 Å². The van der Waals surface area contributed by atoms with Gasteiger partial charge in [-0.05, 0) is 40.1 Å². The highest BCUT2D eigenvalue weighted by molar-refractivity contribution is 14.1. The van der Waals surface area contributed by atoms with Crippen LogP contribution in [-0.4, -0.2) is 21.7 Å². The number of rotatable bonds is 6. The molecule has 0 aliphatic carbocycles. The molecule has 1 aromatic heterocycles. The predicted octanol–water partition coefficient (Wildman–Crippen LogP) is 4.59. The highest BCUT2D eigenvalue weighted by atomic mass is 127. The minimum atomic E-state index is -1.10. The average molecular weight is 415 g/mol. The quantitative estimate of drug-likeness (QED) is 0.167. The molecule has 0 N–H and O–H groups in total. The van der Waals surface area contributed by atoms with Crippen molar-refractivity contribution in [3.05, 3.63) is 32.0 Å². The molecular weight excluding hydrogens is 402 g/mol. The van der Waals surface area contributed by atoms with Crippen LogP contribution in [0.1, 0.15) is 30.4 Å². The number of hydrogen-bond donors (Lipinski definition) is 0. The van der Waals surface area contributed by atoms with Crippen molar-refractivity contribution in [3.63, 3.8) is 0 Å². The van der Waals surface area contributed by atoms with Gasteiger partial charge >= 0.3 is 0 Å². The molecule has 0 radical (unpaired) electrons. The van der Waals surface area contributed by atoms with Gasteiger partial charge in [-0.3, -0.25) is 4.79 Å². The highest BCUT2D eigenvalue weighted by Gasteiger charge is 2.24. The number of carbonyl (C=O) groups is 1. The van der Waals surface area contributed by atoms with Gasteiger partial charge in [0.05, 0.1) is 5.69 Å². The summed E-state index contributed by atoms with van der Waals surface area (Å²) in [4.78, 5) is 13.7. The fraction of sp³-hybridized carbons (Fsp3) is 0.545. The number of alkyl halides is 2. The number of aromatic nitrogens is 1. The fourth-order valence-corrected chi connectivity index (χ4v) is 2.59. The van der Waals surface area contributed by atoms with Crippen LogP contribution < -0.4 is 0 Å². The summed E-state index contributed by atoms with van der Waals surface area (Å²) in [7, 11) is 0. The van der Waals surface area contributed by atoms with Crippen molar-refractivity contribution in [2.45, 2.75) is 24.7 Å². The first-order chi connectivity index (χ1) is 8.88. The third kappa shape index (κ3) is 4.27. The van der Waals surface area contributed by atoms with Gasteiger partial charge in [-0.15, -0.1) is 0 Å². The van der Waals surface area contributed by atoms with Crippen molar-refractivity contribution in [2.24, 2.45) is 11.0 Å². The highest BCUT2D eigenvalue weighted by Crippen LogP contribution is 2.25. The zero-order valence-electron chi connectivity index (χ0n) is 10.4. The van der Waals surface area contributed by atoms with Gasteiger partial charge in [0, 0.05) is 27.3 Å². The Labute approximate surface area is 135 Å². The van der Waals surface area contributed by atoms with Crippen LogP contribution in [0.2, 0.25) is 0 Å². The number of hydrogen-bond acceptors (Lipinski definition) is 2. The summed E-state index contributed by atoms with van der Waals surface area (Å²) in [6, 6.07) is 1.62. The first-order valence-corrected chi connectivity index (χ1v) is 7.54. The van der Waals surface area contributed by atoms with E-state index in [0.29, 0.717) is 5.69 Å². The molecule has 0 aromatic carbocycles. The Balaban J connectivity index is 3.22. The number of Topliss-reactive ketones (excluding diaryl/α,β-unsaturated/α-hetero) is 1. The van der Waals surface area contributed by atoms with E-state index in [-0.39, 0.29) is 24.3 Å². The normalized spacial score (nSPS) is 12.6. The van der Waals surface area contributed by atoms with E-state index in [1.54, 1.807) is 10.6 Å². The molecule has 0 fully saturated rings. The molecule has 0 spiro atoms. The number of nitrogens with zero attached hydrogens (tertiary/aromatic N) is 4. The summed E-state index contributed by atoms with van der Waals surface area (Å²) in [5, 5.41) is 3.60. The topological polar surface area (TPSA) is 70.8 Å². The third-order valence-corrected chi connectivity index (χ3v) is 3.71. The van der Waals surface area contributed by atoms with Crippen molar-refractivity contribution in [3.8, 4) is 0 Å². The molecule has 104 valence electrons. The fourth-order valence-electron chi connectivity index (χ4n) is 1.77. The molecule has 0 aliphatic heterocycles. The molecule has 5 nitrogen and oxygen atoms in total. The second-order valence-electron chi connectivity index (χ2n) is 4.34. The Morgan fingerprint density at radius 1 is 1.58 bits per heavy atom. The van der Waals surface area contributed by atoms with Crippen LogP contribution in [0.15, 0.2) is 17.4 Å². The minimum Gasteiger partial charge on any atom is -0.340 e. The number of ketones is 1. The minimum absolute atomic E-state index is 0.106. The molecule has 0 amide bonds. The van der Waals surface area contributed by atoms with Gasteiger partial charge in [0.15, 0.2) is 4.84 Å². The Morgan fingerprint density at radius 3 is 2.68 bits per heavy atom. The standard InChI is InChI=1S/C11H13Cl2IN4O/c1-6(2)9(4-16-17-15)18-5-7(14)3-8(18)10(19)11(12)13/h3,5-6,9,11H,4H2,1-2H3/t9-/m1/s1. The monoisotopic (exact) mass is 414 g/mol. The molecule has 1 rings (SSSR count). The third-order valence-electron chi connectivity index (χ3n) is 2.72. The second kappa shape index (κ2) is 7.38. The van der Waals surface area contributed by atoms with E-state index in [1.165, 1.54) is 0 Å². The first kappa shape index (κ1) is 16.6. The molecule has 1 atom stereocenters. The zero-order chi connectivity index (χ0) is 14.6. The Bertz CT molecular complexity index is 509. The van der Waals surface area contributed by atoms with E-state index in [9.17, 15) is 4.79 Å². The summed E-state index contributed by atoms with van der Waals surface area (Å²) in [5.74, 6) is -0.151. The van der Waals surface area contributed by atoms with E-state index < -0.39 is 4.84 Å². The lowest BCUT2D eigenvalue weighted by molar-refractivity contribution is 0.0994. The van der Waals surface area contributed by atoms with Gasteiger partial charge in [-0.25, -0.2) is 0 Å². The molecule has 19 heavy (non-hydrogen) atoms. The Kier molecular flexibility index (Phi) is 6.46. The summed E-state index contributed by atoms with van der Waals surface area (Å²) in [5.41, 5.74) is 8.89. The van der Waals surface area contributed by atoms with Crippen LogP contribution in [0.25, 0.3) is 10.4 Å². The van der Waals surface area contributed by atoms with E-state index in [2.05, 4.69) is 32.6 Å². The maximum absolute atomic E-state index is 12.0. The molecule has 1 aromatic rings. The molecule has 0 aliphatic rings. The maximum atomic E-state index is 12.0. The lowest BCUT2D eigenvalue weighted by atomic mass is 10.0. The summed E-state index contributed by atoms with van der Waals surface area (Å²) >= 11 is 13.4. The predicted molar refractivity (Wildman–Crippen MR) is 84.9 cm³/mol. The first-order valence-electron chi connectivity index (χ1n) is 5.59. The Hall–Kier alpha value is -0.430. The molecule has 8 heteroatoms. The molecule has 0 unspecified atom stereocenters. The summed E-state index contributed by atoms with van der Waals surface area (Å²) in [6.07, 6.45) is 1.83. The van der Waals surface area contributed by atoms with Crippen LogP contribution in [0.3, 0.4) is 0 Å². The van der Waals surface area contributed by atoms with Gasteiger partial charge in [0.1, 0.15) is 0 Å². The van der Waals surface area contributed by atoms with Crippen molar-refractivity contribution < 1.29 is 4.79 Å².